The van der Waals surface area contributed by atoms with Crippen LogP contribution >= 0.6 is 0 Å². The molecule has 0 spiro atoms. The van der Waals surface area contributed by atoms with E-state index in [4.69, 9.17) is 4.74 Å². The van der Waals surface area contributed by atoms with E-state index < -0.39 is 5.60 Å². The van der Waals surface area contributed by atoms with Gasteiger partial charge in [-0.05, 0) is 40.2 Å². The van der Waals surface area contributed by atoms with Gasteiger partial charge in [0.1, 0.15) is 5.60 Å². The number of carbonyl (C=O) groups is 1. The van der Waals surface area contributed by atoms with Gasteiger partial charge in [-0.15, -0.1) is 0 Å². The maximum atomic E-state index is 11.6. The van der Waals surface area contributed by atoms with E-state index in [1.54, 1.807) is 0 Å². The molecule has 0 radical (unpaired) electrons. The van der Waals surface area contributed by atoms with Crippen LogP contribution in [0.5, 0.6) is 0 Å². The lowest BCUT2D eigenvalue weighted by Gasteiger charge is -2.45. The van der Waals surface area contributed by atoms with Gasteiger partial charge < -0.3 is 15.4 Å². The number of piperidine rings is 1. The third-order valence-electron chi connectivity index (χ3n) is 3.42. The number of ether oxygens (including phenoxy) is 1. The number of nitrogens with one attached hydrogen (secondary N) is 2. The molecule has 2 heterocycles. The zero-order chi connectivity index (χ0) is 13.2. The number of carbonyl (C=O) groups excluding carboxylic acids is 1. The second kappa shape index (κ2) is 5.45. The van der Waals surface area contributed by atoms with Crippen LogP contribution in [0.25, 0.3) is 0 Å². The summed E-state index contributed by atoms with van der Waals surface area (Å²) in [6.07, 6.45) is 2.23. The Labute approximate surface area is 109 Å². The smallest absolute Gasteiger partial charge is 0.407 e. The van der Waals surface area contributed by atoms with E-state index in [1.165, 1.54) is 12.8 Å². The number of hydrogen-bond acceptors (Lipinski definition) is 4. The monoisotopic (exact) mass is 255 g/mol. The Morgan fingerprint density at radius 3 is 2.67 bits per heavy atom. The highest BCUT2D eigenvalue weighted by Crippen LogP contribution is 2.18. The van der Waals surface area contributed by atoms with E-state index in [9.17, 15) is 4.79 Å². The van der Waals surface area contributed by atoms with Crippen molar-refractivity contribution in [2.45, 2.75) is 51.3 Å². The van der Waals surface area contributed by atoms with Gasteiger partial charge in [-0.25, -0.2) is 4.79 Å². The lowest BCUT2D eigenvalue weighted by molar-refractivity contribution is 0.0288. The van der Waals surface area contributed by atoms with E-state index >= 15 is 0 Å². The summed E-state index contributed by atoms with van der Waals surface area (Å²) >= 11 is 0. The summed E-state index contributed by atoms with van der Waals surface area (Å²) in [6, 6.07) is 0.900. The summed E-state index contributed by atoms with van der Waals surface area (Å²) in [5.41, 5.74) is -0.416. The number of rotatable bonds is 2. The highest BCUT2D eigenvalue weighted by atomic mass is 16.6. The molecule has 5 nitrogen and oxygen atoms in total. The van der Waals surface area contributed by atoms with Crippen molar-refractivity contribution in [2.75, 3.05) is 26.2 Å². The topological polar surface area (TPSA) is 53.6 Å². The van der Waals surface area contributed by atoms with Crippen LogP contribution < -0.4 is 10.6 Å². The molecule has 2 aliphatic heterocycles. The van der Waals surface area contributed by atoms with Crippen LogP contribution in [0.1, 0.15) is 33.6 Å². The summed E-state index contributed by atoms with van der Waals surface area (Å²) in [6.45, 7) is 9.77. The minimum atomic E-state index is -0.416. The number of amides is 1. The summed E-state index contributed by atoms with van der Waals surface area (Å²) in [7, 11) is 0. The molecule has 2 aliphatic rings. The Bertz CT molecular complexity index is 289. The fourth-order valence-electron chi connectivity index (χ4n) is 2.52. The fraction of sp³-hybridized carbons (Fsp3) is 0.923. The Kier molecular flexibility index (Phi) is 4.12. The van der Waals surface area contributed by atoms with Gasteiger partial charge in [0, 0.05) is 25.7 Å². The largest absolute Gasteiger partial charge is 0.444 e. The van der Waals surface area contributed by atoms with Crippen molar-refractivity contribution in [1.82, 2.24) is 15.5 Å². The van der Waals surface area contributed by atoms with Crippen LogP contribution in [-0.4, -0.2) is 54.9 Å². The fourth-order valence-corrected chi connectivity index (χ4v) is 2.52. The molecular weight excluding hydrogens is 230 g/mol. The average Bonchev–Trinajstić information content (AvgIpc) is 2.21. The van der Waals surface area contributed by atoms with Crippen molar-refractivity contribution in [3.63, 3.8) is 0 Å². The number of alkyl carbamates (subject to hydrolysis) is 1. The highest BCUT2D eigenvalue weighted by molar-refractivity contribution is 5.68. The first kappa shape index (κ1) is 13.6. The van der Waals surface area contributed by atoms with Gasteiger partial charge in [0.2, 0.25) is 0 Å². The minimum absolute atomic E-state index is 0.252. The van der Waals surface area contributed by atoms with Crippen LogP contribution in [0.3, 0.4) is 0 Å². The molecule has 0 saturated carbocycles. The van der Waals surface area contributed by atoms with Gasteiger partial charge >= 0.3 is 6.09 Å². The zero-order valence-electron chi connectivity index (χ0n) is 11.7. The standard InChI is InChI=1S/C13H25N3O2/c1-13(2,3)18-12(17)15-10-8-16(9-10)11-5-4-6-14-7-11/h10-11,14H,4-9H2,1-3H3,(H,15,17)/t11-/m1/s1. The van der Waals surface area contributed by atoms with Crippen LogP contribution in [0.2, 0.25) is 0 Å². The van der Waals surface area contributed by atoms with Crippen molar-refractivity contribution < 1.29 is 9.53 Å². The molecule has 5 heteroatoms. The van der Waals surface area contributed by atoms with E-state index in [1.807, 2.05) is 20.8 Å². The van der Waals surface area contributed by atoms with Crippen molar-refractivity contribution >= 4 is 6.09 Å². The molecule has 0 aromatic carbocycles. The van der Waals surface area contributed by atoms with E-state index in [-0.39, 0.29) is 12.1 Å². The van der Waals surface area contributed by atoms with Crippen LogP contribution in [0.15, 0.2) is 0 Å². The third kappa shape index (κ3) is 3.85. The highest BCUT2D eigenvalue weighted by Gasteiger charge is 2.34. The SMILES string of the molecule is CC(C)(C)OC(=O)NC1CN([C@@H]2CCCNC2)C1. The third-order valence-corrected chi connectivity index (χ3v) is 3.42. The van der Waals surface area contributed by atoms with Crippen LogP contribution in [-0.2, 0) is 4.74 Å². The molecule has 0 bridgehead atoms. The van der Waals surface area contributed by atoms with E-state index in [2.05, 4.69) is 15.5 Å². The molecule has 0 unspecified atom stereocenters. The van der Waals surface area contributed by atoms with Crippen LogP contribution in [0, 0.1) is 0 Å². The first-order valence-electron chi connectivity index (χ1n) is 6.88. The zero-order valence-corrected chi connectivity index (χ0v) is 11.7. The maximum absolute atomic E-state index is 11.6. The molecule has 0 aromatic heterocycles. The van der Waals surface area contributed by atoms with Gasteiger partial charge in [-0.1, -0.05) is 0 Å². The van der Waals surface area contributed by atoms with Gasteiger partial charge in [0.25, 0.3) is 0 Å². The van der Waals surface area contributed by atoms with Gasteiger partial charge in [0.15, 0.2) is 0 Å². The lowest BCUT2D eigenvalue weighted by atomic mass is 9.99. The Morgan fingerprint density at radius 2 is 2.11 bits per heavy atom. The molecule has 104 valence electrons. The summed E-state index contributed by atoms with van der Waals surface area (Å²) in [5, 5.41) is 6.34. The van der Waals surface area contributed by atoms with E-state index in [0.29, 0.717) is 6.04 Å². The van der Waals surface area contributed by atoms with Crippen molar-refractivity contribution in [2.24, 2.45) is 0 Å². The predicted molar refractivity (Wildman–Crippen MR) is 70.6 cm³/mol. The lowest BCUT2D eigenvalue weighted by Crippen LogP contribution is -2.64. The number of hydrogen-bond donors (Lipinski definition) is 2. The number of nitrogens with zero attached hydrogens (tertiary/aromatic N) is 1. The molecular formula is C13H25N3O2. The molecule has 2 rings (SSSR count). The number of likely N-dealkylation sites (tertiary alicyclic amines) is 1. The molecule has 2 saturated heterocycles. The Morgan fingerprint density at radius 1 is 1.39 bits per heavy atom. The molecule has 0 aliphatic carbocycles. The van der Waals surface area contributed by atoms with Crippen molar-refractivity contribution in [1.29, 1.82) is 0 Å². The van der Waals surface area contributed by atoms with E-state index in [0.717, 1.165) is 26.2 Å². The predicted octanol–water partition coefficient (Wildman–Crippen LogP) is 0.947. The normalized spacial score (nSPS) is 26.5. The molecule has 2 N–H and O–H groups in total. The Balaban J connectivity index is 1.65. The second-order valence-corrected chi connectivity index (χ2v) is 6.30. The van der Waals surface area contributed by atoms with Crippen molar-refractivity contribution in [3.05, 3.63) is 0 Å². The second-order valence-electron chi connectivity index (χ2n) is 6.30. The quantitative estimate of drug-likeness (QED) is 0.771. The van der Waals surface area contributed by atoms with Gasteiger partial charge in [0.05, 0.1) is 6.04 Å². The minimum Gasteiger partial charge on any atom is -0.444 e. The van der Waals surface area contributed by atoms with Gasteiger partial charge in [-0.2, -0.15) is 0 Å². The summed E-state index contributed by atoms with van der Waals surface area (Å²) in [5.74, 6) is 0. The Hall–Kier alpha value is -0.810. The van der Waals surface area contributed by atoms with Crippen molar-refractivity contribution in [3.8, 4) is 0 Å². The van der Waals surface area contributed by atoms with Crippen LogP contribution in [0.4, 0.5) is 4.79 Å². The molecule has 18 heavy (non-hydrogen) atoms. The molecule has 1 amide bonds. The molecule has 2 fully saturated rings. The maximum Gasteiger partial charge on any atom is 0.407 e. The molecule has 1 atom stereocenters. The van der Waals surface area contributed by atoms with Gasteiger partial charge in [-0.3, -0.25) is 4.90 Å². The molecule has 0 aromatic rings. The summed E-state index contributed by atoms with van der Waals surface area (Å²) < 4.78 is 5.24. The first-order chi connectivity index (χ1) is 8.44. The first-order valence-corrected chi connectivity index (χ1v) is 6.88. The average molecular weight is 255 g/mol. The summed E-state index contributed by atoms with van der Waals surface area (Å²) in [4.78, 5) is 14.0.